The van der Waals surface area contributed by atoms with Crippen molar-refractivity contribution in [2.45, 2.75) is 397 Å². The molecule has 8 atom stereocenters. The summed E-state index contributed by atoms with van der Waals surface area (Å²) in [6.45, 7) is 5.79. The van der Waals surface area contributed by atoms with Crippen LogP contribution >= 0.6 is 0 Å². The Kier molecular flexibility index (Phi) is 61.6. The lowest BCUT2D eigenvalue weighted by Crippen LogP contribution is -2.61. The first-order valence-corrected chi connectivity index (χ1v) is 37.7. The minimum Gasteiger partial charge on any atom is -0.454 e. The second kappa shape index (κ2) is 65.2. The van der Waals surface area contributed by atoms with Gasteiger partial charge in [-0.1, -0.05) is 318 Å². The van der Waals surface area contributed by atoms with E-state index in [1.807, 2.05) is 6.08 Å². The standard InChI is InChI=1S/C78H141NO10/c1-4-7-10-13-16-19-22-24-26-28-30-32-34-36-38-40-42-44-46-48-51-54-57-60-63-66-73(83)89-76-75(85)74(84)72(67-80)88-78(76)87-68-69(70(81)64-61-58-55-52-49-21-18-15-12-9-6-3)79-77(86)71(82)65-62-59-56-53-50-47-45-43-41-39-37-35-33-31-29-27-25-23-20-17-14-11-8-5-2/h17,20,24-27,31,33,37,39,61,64,69-72,74-76,78,80-82,84-85H,4-16,18-19,21-23,28-30,32,34-36,38,40-60,62-63,65-68H2,1-3H3,(H,79,86)/b20-17-,26-24+,27-25-,33-31-,39-37-,64-61+. The van der Waals surface area contributed by atoms with Gasteiger partial charge in [-0.3, -0.25) is 9.59 Å². The van der Waals surface area contributed by atoms with E-state index < -0.39 is 67.4 Å². The summed E-state index contributed by atoms with van der Waals surface area (Å²) in [6.07, 6.45) is 75.2. The summed E-state index contributed by atoms with van der Waals surface area (Å²) in [5, 5.41) is 57.3. The maximum absolute atomic E-state index is 13.5. The molecule has 0 bridgehead atoms. The number of unbranched alkanes of at least 4 members (excludes halogenated alkanes) is 41. The molecule has 1 aliphatic heterocycles. The van der Waals surface area contributed by atoms with Gasteiger partial charge in [0.2, 0.25) is 5.91 Å². The smallest absolute Gasteiger partial charge is 0.306 e. The van der Waals surface area contributed by atoms with E-state index >= 15 is 0 Å². The van der Waals surface area contributed by atoms with Crippen molar-refractivity contribution in [2.24, 2.45) is 0 Å². The fourth-order valence-electron chi connectivity index (χ4n) is 11.6. The van der Waals surface area contributed by atoms with Crippen LogP contribution < -0.4 is 5.32 Å². The van der Waals surface area contributed by atoms with Gasteiger partial charge in [0, 0.05) is 6.42 Å². The van der Waals surface area contributed by atoms with Crippen LogP contribution in [0.1, 0.15) is 348 Å². The van der Waals surface area contributed by atoms with Crippen molar-refractivity contribution in [3.63, 3.8) is 0 Å². The van der Waals surface area contributed by atoms with Crippen molar-refractivity contribution in [1.29, 1.82) is 0 Å². The molecule has 6 N–H and O–H groups in total. The summed E-state index contributed by atoms with van der Waals surface area (Å²) in [6, 6.07) is -1.03. The van der Waals surface area contributed by atoms with Crippen molar-refractivity contribution in [3.05, 3.63) is 72.9 Å². The molecule has 11 heteroatoms. The third kappa shape index (κ3) is 52.2. The molecule has 1 saturated heterocycles. The van der Waals surface area contributed by atoms with E-state index in [4.69, 9.17) is 14.2 Å². The SMILES string of the molecule is CCCCC/C=C\C/C=C\C/C=C\C/C=C\CCCCCCCCCCC(O)C(=O)NC(COC1OC(CO)C(O)C(O)C1OC(=O)CCCCCCCCCCCCCCCCC/C=C/CCCCCCCC)C(O)/C=C/CCCCCCCCCCC. The average Bonchev–Trinajstić information content (AvgIpc) is 3.72. The molecule has 0 saturated carbocycles. The maximum Gasteiger partial charge on any atom is 0.306 e. The number of rotatable bonds is 65. The molecule has 89 heavy (non-hydrogen) atoms. The lowest BCUT2D eigenvalue weighted by molar-refractivity contribution is -0.305. The predicted molar refractivity (Wildman–Crippen MR) is 375 cm³/mol. The minimum atomic E-state index is -1.62. The van der Waals surface area contributed by atoms with Crippen LogP contribution in [0, 0.1) is 0 Å². The van der Waals surface area contributed by atoms with Gasteiger partial charge in [0.15, 0.2) is 12.4 Å². The first-order valence-electron chi connectivity index (χ1n) is 37.7. The van der Waals surface area contributed by atoms with Crippen LogP contribution in [0.15, 0.2) is 72.9 Å². The molecule has 0 aromatic carbocycles. The Bertz CT molecular complexity index is 1730. The van der Waals surface area contributed by atoms with Crippen molar-refractivity contribution in [2.75, 3.05) is 13.2 Å². The highest BCUT2D eigenvalue weighted by molar-refractivity contribution is 5.80. The summed E-state index contributed by atoms with van der Waals surface area (Å²) in [5.41, 5.74) is 0. The lowest BCUT2D eigenvalue weighted by Gasteiger charge is -2.41. The van der Waals surface area contributed by atoms with Crippen molar-refractivity contribution in [3.8, 4) is 0 Å². The van der Waals surface area contributed by atoms with Gasteiger partial charge >= 0.3 is 5.97 Å². The van der Waals surface area contributed by atoms with Crippen LogP contribution in [0.4, 0.5) is 0 Å². The number of hydrogen-bond acceptors (Lipinski definition) is 10. The van der Waals surface area contributed by atoms with Crippen molar-refractivity contribution in [1.82, 2.24) is 5.32 Å². The Morgan fingerprint density at radius 3 is 1.19 bits per heavy atom. The maximum atomic E-state index is 13.5. The first kappa shape index (κ1) is 84.1. The van der Waals surface area contributed by atoms with E-state index in [1.165, 1.54) is 218 Å². The summed E-state index contributed by atoms with van der Waals surface area (Å²) in [5.74, 6) is -1.19. The number of ether oxygens (including phenoxy) is 3. The van der Waals surface area contributed by atoms with Gasteiger partial charge in [-0.15, -0.1) is 0 Å². The van der Waals surface area contributed by atoms with E-state index in [0.29, 0.717) is 12.8 Å². The molecule has 0 aliphatic carbocycles. The van der Waals surface area contributed by atoms with Crippen LogP contribution in [0.5, 0.6) is 0 Å². The number of carbonyl (C=O) groups is 2. The Labute approximate surface area is 547 Å². The van der Waals surface area contributed by atoms with Gasteiger partial charge in [-0.25, -0.2) is 0 Å². The highest BCUT2D eigenvalue weighted by atomic mass is 16.7. The molecule has 518 valence electrons. The van der Waals surface area contributed by atoms with Crippen LogP contribution in [-0.2, 0) is 23.8 Å². The molecular formula is C78H141NO10. The highest BCUT2D eigenvalue weighted by Gasteiger charge is 2.47. The summed E-state index contributed by atoms with van der Waals surface area (Å²) in [7, 11) is 0. The molecule has 0 radical (unpaired) electrons. The zero-order valence-electron chi connectivity index (χ0n) is 57.8. The molecule has 1 amide bonds. The molecule has 1 heterocycles. The van der Waals surface area contributed by atoms with E-state index in [-0.39, 0.29) is 19.4 Å². The van der Waals surface area contributed by atoms with Gasteiger partial charge < -0.3 is 45.1 Å². The summed E-state index contributed by atoms with van der Waals surface area (Å²) < 4.78 is 17.7. The number of aliphatic hydroxyl groups excluding tert-OH is 5. The first-order chi connectivity index (χ1) is 43.7. The zero-order valence-corrected chi connectivity index (χ0v) is 57.8. The number of hydrogen-bond donors (Lipinski definition) is 6. The summed E-state index contributed by atoms with van der Waals surface area (Å²) >= 11 is 0. The minimum absolute atomic E-state index is 0.124. The quantitative estimate of drug-likeness (QED) is 0.0195. The largest absolute Gasteiger partial charge is 0.454 e. The van der Waals surface area contributed by atoms with E-state index in [9.17, 15) is 35.1 Å². The Morgan fingerprint density at radius 1 is 0.438 bits per heavy atom. The van der Waals surface area contributed by atoms with Gasteiger partial charge in [-0.05, 0) is 96.3 Å². The number of nitrogens with one attached hydrogen (secondary N) is 1. The topological polar surface area (TPSA) is 175 Å². The van der Waals surface area contributed by atoms with Gasteiger partial charge in [0.1, 0.15) is 24.4 Å². The second-order valence-corrected chi connectivity index (χ2v) is 26.0. The van der Waals surface area contributed by atoms with Crippen LogP contribution in [0.3, 0.4) is 0 Å². The Morgan fingerprint density at radius 2 is 0.775 bits per heavy atom. The van der Waals surface area contributed by atoms with Gasteiger partial charge in [-0.2, -0.15) is 0 Å². The van der Waals surface area contributed by atoms with Gasteiger partial charge in [0.05, 0.1) is 25.4 Å². The van der Waals surface area contributed by atoms with E-state index in [0.717, 1.165) is 83.5 Å². The fourth-order valence-corrected chi connectivity index (χ4v) is 11.6. The highest BCUT2D eigenvalue weighted by Crippen LogP contribution is 2.26. The third-order valence-electron chi connectivity index (χ3n) is 17.6. The monoisotopic (exact) mass is 1250 g/mol. The van der Waals surface area contributed by atoms with Gasteiger partial charge in [0.25, 0.3) is 0 Å². The molecule has 1 rings (SSSR count). The molecule has 1 fully saturated rings. The normalized spacial score (nSPS) is 18.5. The number of esters is 1. The van der Waals surface area contributed by atoms with E-state index in [1.54, 1.807) is 6.08 Å². The molecule has 8 unspecified atom stereocenters. The molecule has 0 aromatic rings. The summed E-state index contributed by atoms with van der Waals surface area (Å²) in [4.78, 5) is 26.7. The van der Waals surface area contributed by atoms with Crippen molar-refractivity contribution < 1.29 is 49.3 Å². The third-order valence-corrected chi connectivity index (χ3v) is 17.6. The Hall–Kier alpha value is -2.90. The van der Waals surface area contributed by atoms with Crippen LogP contribution in [-0.4, -0.2) is 99.6 Å². The van der Waals surface area contributed by atoms with Crippen molar-refractivity contribution >= 4 is 11.9 Å². The average molecular weight is 1250 g/mol. The molecule has 11 nitrogen and oxygen atoms in total. The number of aliphatic hydroxyl groups is 5. The Balaban J connectivity index is 2.52. The number of allylic oxidation sites excluding steroid dienone is 11. The lowest BCUT2D eigenvalue weighted by atomic mass is 9.99. The molecular weight excluding hydrogens is 1110 g/mol. The number of carbonyl (C=O) groups excluding carboxylic acids is 2. The molecule has 0 aromatic heterocycles. The number of amides is 1. The molecule has 1 aliphatic rings. The molecule has 0 spiro atoms. The van der Waals surface area contributed by atoms with Crippen LogP contribution in [0.2, 0.25) is 0 Å². The van der Waals surface area contributed by atoms with Crippen LogP contribution in [0.25, 0.3) is 0 Å². The fraction of sp³-hybridized carbons (Fsp3) is 0.821. The van der Waals surface area contributed by atoms with E-state index in [2.05, 4.69) is 86.8 Å². The second-order valence-electron chi connectivity index (χ2n) is 26.0. The predicted octanol–water partition coefficient (Wildman–Crippen LogP) is 19.9. The zero-order chi connectivity index (χ0) is 64.6.